The molecule has 0 amide bonds. The van der Waals surface area contributed by atoms with Crippen LogP contribution in [0.3, 0.4) is 0 Å². The molecule has 0 aliphatic heterocycles. The molecule has 2 rings (SSSR count). The highest BCUT2D eigenvalue weighted by molar-refractivity contribution is 6.59. The zero-order valence-electron chi connectivity index (χ0n) is 11.0. The number of nitrogens with zero attached hydrogens (tertiary/aromatic N) is 1. The van der Waals surface area contributed by atoms with Crippen LogP contribution in [0.5, 0.6) is 0 Å². The number of para-hydroxylation sites is 1. The van der Waals surface area contributed by atoms with Gasteiger partial charge in [-0.15, -0.1) is 0 Å². The normalized spacial score (nSPS) is 12.4. The summed E-state index contributed by atoms with van der Waals surface area (Å²) in [5.74, 6) is 0. The first-order valence-electron chi connectivity index (χ1n) is 6.36. The lowest BCUT2D eigenvalue weighted by Gasteiger charge is -2.12. The molecule has 0 spiro atoms. The maximum absolute atomic E-state index is 13.4. The monoisotopic (exact) mass is 279 g/mol. The number of halogens is 1. The quantitative estimate of drug-likeness (QED) is 0.830. The number of benzene rings is 1. The Bertz CT molecular complexity index is 613. The van der Waals surface area contributed by atoms with E-state index in [0.29, 0.717) is 17.3 Å². The van der Waals surface area contributed by atoms with Crippen molar-refractivity contribution in [2.45, 2.75) is 26.1 Å². The summed E-state index contributed by atoms with van der Waals surface area (Å²) in [7, 11) is -1.85. The predicted molar refractivity (Wildman–Crippen MR) is 73.4 cm³/mol. The molecule has 0 aliphatic carbocycles. The smallest absolute Gasteiger partial charge is 0.422 e. The first-order valence-corrected chi connectivity index (χ1v) is 6.36. The standard InChI is InChI=1S/C13H15BFNO4/c1-2-5-12(15)20-13(17)16-10-7-4-3-6-9(10)8-11(16)14(18)19/h3-4,6-8,12,18-19H,2,5H2,1H3. The average molecular weight is 279 g/mol. The van der Waals surface area contributed by atoms with E-state index in [2.05, 4.69) is 4.74 Å². The van der Waals surface area contributed by atoms with Gasteiger partial charge in [-0.25, -0.2) is 9.18 Å². The van der Waals surface area contributed by atoms with Gasteiger partial charge in [0.2, 0.25) is 6.36 Å². The lowest BCUT2D eigenvalue weighted by atomic mass is 9.86. The van der Waals surface area contributed by atoms with Crippen LogP contribution in [0.4, 0.5) is 9.18 Å². The Hall–Kier alpha value is -1.86. The molecule has 1 aromatic heterocycles. The van der Waals surface area contributed by atoms with Crippen molar-refractivity contribution >= 4 is 29.7 Å². The molecule has 0 saturated heterocycles. The molecule has 0 radical (unpaired) electrons. The van der Waals surface area contributed by atoms with Crippen LogP contribution in [-0.4, -0.2) is 34.2 Å². The Labute approximate surface area is 115 Å². The maximum Gasteiger partial charge on any atom is 0.506 e. The van der Waals surface area contributed by atoms with Gasteiger partial charge in [-0.2, -0.15) is 0 Å². The molecule has 0 saturated carbocycles. The molecule has 0 bridgehead atoms. The highest BCUT2D eigenvalue weighted by Crippen LogP contribution is 2.15. The number of aromatic nitrogens is 1. The molecule has 2 aromatic rings. The number of hydrogen-bond donors (Lipinski definition) is 2. The fraction of sp³-hybridized carbons (Fsp3) is 0.308. The fourth-order valence-corrected chi connectivity index (χ4v) is 2.02. The minimum atomic E-state index is -1.85. The van der Waals surface area contributed by atoms with Crippen molar-refractivity contribution < 1.29 is 24.0 Å². The van der Waals surface area contributed by atoms with Crippen LogP contribution >= 0.6 is 0 Å². The van der Waals surface area contributed by atoms with Crippen molar-refractivity contribution in [3.05, 3.63) is 30.3 Å². The summed E-state index contributed by atoms with van der Waals surface area (Å²) in [5.41, 5.74) is 0.379. The third-order valence-electron chi connectivity index (χ3n) is 2.93. The number of alkyl halides is 1. The summed E-state index contributed by atoms with van der Waals surface area (Å²) < 4.78 is 19.0. The van der Waals surface area contributed by atoms with Crippen LogP contribution < -0.4 is 5.59 Å². The molecule has 1 heterocycles. The van der Waals surface area contributed by atoms with E-state index in [4.69, 9.17) is 0 Å². The summed E-state index contributed by atoms with van der Waals surface area (Å²) in [6.07, 6.45) is -2.04. The zero-order valence-corrected chi connectivity index (χ0v) is 11.0. The molecule has 0 aliphatic rings. The predicted octanol–water partition coefficient (Wildman–Crippen LogP) is 1.40. The Morgan fingerprint density at radius 1 is 1.45 bits per heavy atom. The van der Waals surface area contributed by atoms with E-state index in [0.717, 1.165) is 4.57 Å². The summed E-state index contributed by atoms with van der Waals surface area (Å²) in [6, 6.07) is 8.23. The van der Waals surface area contributed by atoms with Crippen LogP contribution in [0.2, 0.25) is 0 Å². The van der Waals surface area contributed by atoms with Crippen molar-refractivity contribution in [3.63, 3.8) is 0 Å². The minimum Gasteiger partial charge on any atom is -0.422 e. The first kappa shape index (κ1) is 14.6. The SMILES string of the molecule is CCCC(F)OC(=O)n1c(B(O)O)cc2ccccc21. The van der Waals surface area contributed by atoms with E-state index in [1.54, 1.807) is 31.2 Å². The second-order valence-corrected chi connectivity index (χ2v) is 4.42. The van der Waals surface area contributed by atoms with Crippen molar-refractivity contribution in [3.8, 4) is 0 Å². The largest absolute Gasteiger partial charge is 0.506 e. The van der Waals surface area contributed by atoms with Crippen LogP contribution in [0.25, 0.3) is 10.9 Å². The van der Waals surface area contributed by atoms with Crippen LogP contribution in [-0.2, 0) is 4.74 Å². The number of carbonyl (C=O) groups excluding carboxylic acids is 1. The number of rotatable bonds is 4. The topological polar surface area (TPSA) is 71.7 Å². The van der Waals surface area contributed by atoms with E-state index in [1.807, 2.05) is 0 Å². The number of ether oxygens (including phenoxy) is 1. The van der Waals surface area contributed by atoms with Gasteiger partial charge in [0.1, 0.15) is 0 Å². The molecule has 1 unspecified atom stereocenters. The van der Waals surface area contributed by atoms with Gasteiger partial charge in [-0.3, -0.25) is 4.57 Å². The molecule has 1 atom stereocenters. The summed E-state index contributed by atoms with van der Waals surface area (Å²) >= 11 is 0. The van der Waals surface area contributed by atoms with Gasteiger partial charge in [0.25, 0.3) is 0 Å². The second kappa shape index (κ2) is 6.07. The average Bonchev–Trinajstić information content (AvgIpc) is 2.78. The molecule has 20 heavy (non-hydrogen) atoms. The van der Waals surface area contributed by atoms with Crippen molar-refractivity contribution in [1.82, 2.24) is 4.57 Å². The van der Waals surface area contributed by atoms with Gasteiger partial charge in [-0.05, 0) is 23.9 Å². The second-order valence-electron chi connectivity index (χ2n) is 4.42. The van der Waals surface area contributed by atoms with E-state index >= 15 is 0 Å². The summed E-state index contributed by atoms with van der Waals surface area (Å²) in [4.78, 5) is 12.0. The Balaban J connectivity index is 2.40. The first-order chi connectivity index (χ1) is 9.54. The van der Waals surface area contributed by atoms with Gasteiger partial charge in [0.15, 0.2) is 0 Å². The number of carbonyl (C=O) groups is 1. The molecular weight excluding hydrogens is 264 g/mol. The third kappa shape index (κ3) is 2.83. The van der Waals surface area contributed by atoms with E-state index in [-0.39, 0.29) is 12.0 Å². The van der Waals surface area contributed by atoms with Gasteiger partial charge < -0.3 is 14.8 Å². The van der Waals surface area contributed by atoms with Gasteiger partial charge in [0.05, 0.1) is 11.1 Å². The Morgan fingerprint density at radius 2 is 2.15 bits per heavy atom. The minimum absolute atomic E-state index is 0.0556. The number of hydrogen-bond acceptors (Lipinski definition) is 4. The van der Waals surface area contributed by atoms with Crippen molar-refractivity contribution in [1.29, 1.82) is 0 Å². The lowest BCUT2D eigenvalue weighted by molar-refractivity contribution is 0.00964. The molecule has 1 aromatic carbocycles. The van der Waals surface area contributed by atoms with Gasteiger partial charge >= 0.3 is 13.2 Å². The Morgan fingerprint density at radius 3 is 2.80 bits per heavy atom. The van der Waals surface area contributed by atoms with E-state index in [9.17, 15) is 19.2 Å². The molecule has 106 valence electrons. The highest BCUT2D eigenvalue weighted by Gasteiger charge is 2.25. The molecule has 0 fully saturated rings. The molecular formula is C13H15BFNO4. The van der Waals surface area contributed by atoms with E-state index in [1.165, 1.54) is 6.07 Å². The maximum atomic E-state index is 13.4. The van der Waals surface area contributed by atoms with Crippen molar-refractivity contribution in [2.75, 3.05) is 0 Å². The van der Waals surface area contributed by atoms with Gasteiger partial charge in [0, 0.05) is 6.42 Å². The van der Waals surface area contributed by atoms with Gasteiger partial charge in [-0.1, -0.05) is 25.1 Å². The highest BCUT2D eigenvalue weighted by atomic mass is 19.1. The number of fused-ring (bicyclic) bond motifs is 1. The summed E-state index contributed by atoms with van der Waals surface area (Å²) in [5, 5.41) is 19.3. The van der Waals surface area contributed by atoms with Crippen molar-refractivity contribution in [2.24, 2.45) is 0 Å². The molecule has 5 nitrogen and oxygen atoms in total. The van der Waals surface area contributed by atoms with E-state index < -0.39 is 19.6 Å². The van der Waals surface area contributed by atoms with Crippen LogP contribution in [0.15, 0.2) is 30.3 Å². The molecule has 7 heteroatoms. The lowest BCUT2D eigenvalue weighted by Crippen LogP contribution is -2.39. The zero-order chi connectivity index (χ0) is 14.7. The summed E-state index contributed by atoms with van der Waals surface area (Å²) in [6.45, 7) is 1.77. The van der Waals surface area contributed by atoms with Crippen LogP contribution in [0, 0.1) is 0 Å². The molecule has 2 N–H and O–H groups in total. The Kier molecular flexibility index (Phi) is 4.41. The fourth-order valence-electron chi connectivity index (χ4n) is 2.02. The van der Waals surface area contributed by atoms with Crippen LogP contribution in [0.1, 0.15) is 19.8 Å². The third-order valence-corrected chi connectivity index (χ3v) is 2.93.